The van der Waals surface area contributed by atoms with Gasteiger partial charge in [0, 0.05) is 11.6 Å². The Labute approximate surface area is 116 Å². The first-order valence-corrected chi connectivity index (χ1v) is 7.59. The average Bonchev–Trinajstić information content (AvgIpc) is 2.66. The van der Waals surface area contributed by atoms with Crippen molar-refractivity contribution in [1.29, 1.82) is 0 Å². The van der Waals surface area contributed by atoms with Crippen LogP contribution in [0, 0.1) is 0 Å². The Hall–Kier alpha value is -1.15. The first kappa shape index (κ1) is 14.3. The quantitative estimate of drug-likeness (QED) is 0.764. The lowest BCUT2D eigenvalue weighted by molar-refractivity contribution is 0.0744. The van der Waals surface area contributed by atoms with Crippen LogP contribution in [-0.4, -0.2) is 29.3 Å². The second-order valence-electron chi connectivity index (χ2n) is 5.59. The van der Waals surface area contributed by atoms with E-state index in [-0.39, 0.29) is 11.8 Å². The fourth-order valence-corrected chi connectivity index (χ4v) is 3.13. The highest BCUT2D eigenvalue weighted by Gasteiger charge is 2.29. The zero-order valence-electron chi connectivity index (χ0n) is 12.1. The second kappa shape index (κ2) is 6.85. The maximum absolute atomic E-state index is 12.7. The van der Waals surface area contributed by atoms with E-state index in [0.717, 1.165) is 18.5 Å². The monoisotopic (exact) mass is 259 g/mol. The van der Waals surface area contributed by atoms with Crippen LogP contribution in [0.4, 0.5) is 0 Å². The van der Waals surface area contributed by atoms with Crippen molar-refractivity contribution in [3.63, 3.8) is 0 Å². The molecule has 0 spiro atoms. The minimum atomic E-state index is 0.0514. The van der Waals surface area contributed by atoms with Crippen LogP contribution < -0.4 is 0 Å². The summed E-state index contributed by atoms with van der Waals surface area (Å²) in [5, 5.41) is 0. The van der Waals surface area contributed by atoms with Crippen molar-refractivity contribution in [3.05, 3.63) is 35.9 Å². The molecule has 2 heteroatoms. The van der Waals surface area contributed by atoms with Crippen LogP contribution >= 0.6 is 0 Å². The smallest absolute Gasteiger partial charge is 0.179 e. The van der Waals surface area contributed by atoms with Gasteiger partial charge >= 0.3 is 0 Å². The van der Waals surface area contributed by atoms with Gasteiger partial charge in [0.05, 0.1) is 6.04 Å². The van der Waals surface area contributed by atoms with Gasteiger partial charge in [0.25, 0.3) is 0 Å². The third kappa shape index (κ3) is 3.44. The number of ketones is 1. The Morgan fingerprint density at radius 1 is 1.26 bits per heavy atom. The van der Waals surface area contributed by atoms with Gasteiger partial charge in [0.1, 0.15) is 0 Å². The van der Waals surface area contributed by atoms with Crippen molar-refractivity contribution in [3.8, 4) is 0 Å². The van der Waals surface area contributed by atoms with Gasteiger partial charge in [-0.2, -0.15) is 0 Å². The van der Waals surface area contributed by atoms with Gasteiger partial charge in [-0.3, -0.25) is 9.69 Å². The summed E-state index contributed by atoms with van der Waals surface area (Å²) in [5.74, 6) is 0.289. The SMILES string of the molecule is CCC(C(=O)c1ccccc1)N1CCCCCC1C. The van der Waals surface area contributed by atoms with Crippen LogP contribution in [0.15, 0.2) is 30.3 Å². The van der Waals surface area contributed by atoms with Gasteiger partial charge in [-0.25, -0.2) is 0 Å². The molecule has 1 saturated heterocycles. The summed E-state index contributed by atoms with van der Waals surface area (Å²) >= 11 is 0. The molecule has 2 rings (SSSR count). The standard InChI is InChI=1S/C17H25NO/c1-3-16(17(19)15-11-7-4-8-12-15)18-13-9-5-6-10-14(18)2/h4,7-8,11-12,14,16H,3,5-6,9-10,13H2,1-2H3. The summed E-state index contributed by atoms with van der Waals surface area (Å²) in [6, 6.07) is 10.3. The molecule has 2 unspecified atom stereocenters. The van der Waals surface area contributed by atoms with E-state index in [1.165, 1.54) is 25.7 Å². The van der Waals surface area contributed by atoms with E-state index in [1.54, 1.807) is 0 Å². The van der Waals surface area contributed by atoms with E-state index in [0.29, 0.717) is 6.04 Å². The molecule has 0 bridgehead atoms. The number of nitrogens with zero attached hydrogens (tertiary/aromatic N) is 1. The first-order chi connectivity index (χ1) is 9.24. The lowest BCUT2D eigenvalue weighted by Gasteiger charge is -2.33. The molecular weight excluding hydrogens is 234 g/mol. The molecule has 1 aliphatic rings. The van der Waals surface area contributed by atoms with E-state index in [1.807, 2.05) is 30.3 Å². The molecule has 1 heterocycles. The summed E-state index contributed by atoms with van der Waals surface area (Å²) in [4.78, 5) is 15.1. The number of carbonyl (C=O) groups is 1. The number of rotatable bonds is 4. The maximum Gasteiger partial charge on any atom is 0.179 e. The predicted molar refractivity (Wildman–Crippen MR) is 79.5 cm³/mol. The Balaban J connectivity index is 2.16. The minimum Gasteiger partial charge on any atom is -0.292 e. The molecule has 0 aliphatic carbocycles. The number of carbonyl (C=O) groups excluding carboxylic acids is 1. The van der Waals surface area contributed by atoms with Crippen molar-refractivity contribution >= 4 is 5.78 Å². The van der Waals surface area contributed by atoms with Crippen molar-refractivity contribution in [2.75, 3.05) is 6.54 Å². The lowest BCUT2D eigenvalue weighted by atomic mass is 9.99. The summed E-state index contributed by atoms with van der Waals surface area (Å²) in [6.45, 7) is 5.47. The number of hydrogen-bond acceptors (Lipinski definition) is 2. The van der Waals surface area contributed by atoms with Crippen LogP contribution in [-0.2, 0) is 0 Å². The van der Waals surface area contributed by atoms with Crippen molar-refractivity contribution in [2.45, 2.75) is 58.0 Å². The number of hydrogen-bond donors (Lipinski definition) is 0. The highest BCUT2D eigenvalue weighted by Crippen LogP contribution is 2.22. The summed E-state index contributed by atoms with van der Waals surface area (Å²) in [5.41, 5.74) is 0.853. The topological polar surface area (TPSA) is 20.3 Å². The van der Waals surface area contributed by atoms with Crippen LogP contribution in [0.2, 0.25) is 0 Å². The van der Waals surface area contributed by atoms with Crippen LogP contribution in [0.1, 0.15) is 56.3 Å². The minimum absolute atomic E-state index is 0.0514. The fourth-order valence-electron chi connectivity index (χ4n) is 3.13. The highest BCUT2D eigenvalue weighted by molar-refractivity contribution is 6.00. The third-order valence-electron chi connectivity index (χ3n) is 4.25. The molecule has 2 atom stereocenters. The van der Waals surface area contributed by atoms with Crippen molar-refractivity contribution in [1.82, 2.24) is 4.90 Å². The zero-order chi connectivity index (χ0) is 13.7. The highest BCUT2D eigenvalue weighted by atomic mass is 16.1. The van der Waals surface area contributed by atoms with E-state index >= 15 is 0 Å². The van der Waals surface area contributed by atoms with Gasteiger partial charge in [-0.15, -0.1) is 0 Å². The lowest BCUT2D eigenvalue weighted by Crippen LogP contribution is -2.45. The van der Waals surface area contributed by atoms with Crippen LogP contribution in [0.3, 0.4) is 0 Å². The first-order valence-electron chi connectivity index (χ1n) is 7.59. The normalized spacial score (nSPS) is 22.7. The van der Waals surface area contributed by atoms with Gasteiger partial charge in [-0.1, -0.05) is 50.1 Å². The second-order valence-corrected chi connectivity index (χ2v) is 5.59. The Bertz CT molecular complexity index is 401. The van der Waals surface area contributed by atoms with Crippen molar-refractivity contribution in [2.24, 2.45) is 0 Å². The summed E-state index contributed by atoms with van der Waals surface area (Å²) in [7, 11) is 0. The molecule has 0 saturated carbocycles. The Morgan fingerprint density at radius 2 is 2.00 bits per heavy atom. The molecule has 0 aromatic heterocycles. The average molecular weight is 259 g/mol. The van der Waals surface area contributed by atoms with Gasteiger partial charge < -0.3 is 0 Å². The number of likely N-dealkylation sites (tertiary alicyclic amines) is 1. The third-order valence-corrected chi connectivity index (χ3v) is 4.25. The molecule has 0 radical (unpaired) electrons. The van der Waals surface area contributed by atoms with E-state index in [4.69, 9.17) is 0 Å². The van der Waals surface area contributed by atoms with Gasteiger partial charge in [-0.05, 0) is 32.7 Å². The number of benzene rings is 1. The van der Waals surface area contributed by atoms with E-state index in [2.05, 4.69) is 18.7 Å². The van der Waals surface area contributed by atoms with Crippen LogP contribution in [0.25, 0.3) is 0 Å². The predicted octanol–water partition coefficient (Wildman–Crippen LogP) is 3.91. The molecular formula is C17H25NO. The summed E-state index contributed by atoms with van der Waals surface area (Å²) in [6.07, 6.45) is 5.95. The van der Waals surface area contributed by atoms with E-state index in [9.17, 15) is 4.79 Å². The van der Waals surface area contributed by atoms with Crippen LogP contribution in [0.5, 0.6) is 0 Å². The largest absolute Gasteiger partial charge is 0.292 e. The molecule has 0 N–H and O–H groups in total. The molecule has 19 heavy (non-hydrogen) atoms. The Morgan fingerprint density at radius 3 is 2.68 bits per heavy atom. The molecule has 1 aromatic rings. The Kier molecular flexibility index (Phi) is 5.15. The maximum atomic E-state index is 12.7. The fraction of sp³-hybridized carbons (Fsp3) is 0.588. The molecule has 104 valence electrons. The van der Waals surface area contributed by atoms with Crippen molar-refractivity contribution < 1.29 is 4.79 Å². The molecule has 0 amide bonds. The molecule has 1 aromatic carbocycles. The van der Waals surface area contributed by atoms with Gasteiger partial charge in [0.2, 0.25) is 0 Å². The zero-order valence-corrected chi connectivity index (χ0v) is 12.1. The van der Waals surface area contributed by atoms with E-state index < -0.39 is 0 Å². The molecule has 1 aliphatic heterocycles. The molecule has 2 nitrogen and oxygen atoms in total. The number of Topliss-reactive ketones (excluding diaryl/α,β-unsaturated/α-hetero) is 1. The van der Waals surface area contributed by atoms with Gasteiger partial charge in [0.15, 0.2) is 5.78 Å². The summed E-state index contributed by atoms with van der Waals surface area (Å²) < 4.78 is 0. The molecule has 1 fully saturated rings.